The van der Waals surface area contributed by atoms with E-state index in [0.717, 1.165) is 0 Å². The summed E-state index contributed by atoms with van der Waals surface area (Å²) in [5, 5.41) is 4.43. The highest BCUT2D eigenvalue weighted by Gasteiger charge is 2.45. The van der Waals surface area contributed by atoms with Gasteiger partial charge in [-0.1, -0.05) is 123 Å². The van der Waals surface area contributed by atoms with Gasteiger partial charge < -0.3 is 0 Å². The van der Waals surface area contributed by atoms with E-state index in [0.29, 0.717) is 11.5 Å². The molecular formula is C27H28Si. The van der Waals surface area contributed by atoms with E-state index < -0.39 is 8.07 Å². The molecule has 1 aliphatic carbocycles. The van der Waals surface area contributed by atoms with Crippen LogP contribution in [0.25, 0.3) is 0 Å². The molecule has 3 aromatic rings. The van der Waals surface area contributed by atoms with E-state index in [4.69, 9.17) is 0 Å². The van der Waals surface area contributed by atoms with Gasteiger partial charge in [0.15, 0.2) is 8.07 Å². The topological polar surface area (TPSA) is 0 Å². The quantitative estimate of drug-likeness (QED) is 0.414. The second kappa shape index (κ2) is 8.16. The lowest BCUT2D eigenvalue weighted by Gasteiger charge is -2.37. The molecule has 0 spiro atoms. The SMILES string of the molecule is CCC(C)C1=CC([Si](c2ccccc2)(c2ccccc2)c2ccccc2)C=C1. The minimum absolute atomic E-state index is 0.420. The highest BCUT2D eigenvalue weighted by molar-refractivity contribution is 7.13. The first-order valence-electron chi connectivity index (χ1n) is 10.3. The first kappa shape index (κ1) is 18.7. The standard InChI is InChI=1S/C27H28Si/c1-3-22(2)23-19-20-27(21-23)28(24-13-7-4-8-14-24,25-15-9-5-10-16-25)26-17-11-6-12-18-26/h4-22,27H,3H2,1-2H3. The molecule has 0 N–H and O–H groups in total. The Morgan fingerprint density at radius 1 is 0.714 bits per heavy atom. The molecule has 0 heterocycles. The third kappa shape index (κ3) is 3.20. The highest BCUT2D eigenvalue weighted by atomic mass is 28.3. The van der Waals surface area contributed by atoms with Crippen LogP contribution in [-0.2, 0) is 0 Å². The summed E-state index contributed by atoms with van der Waals surface area (Å²) in [7, 11) is -2.25. The highest BCUT2D eigenvalue weighted by Crippen LogP contribution is 2.34. The van der Waals surface area contributed by atoms with E-state index in [-0.39, 0.29) is 0 Å². The number of hydrogen-bond donors (Lipinski definition) is 0. The van der Waals surface area contributed by atoms with E-state index in [1.54, 1.807) is 0 Å². The molecule has 28 heavy (non-hydrogen) atoms. The zero-order valence-corrected chi connectivity index (χ0v) is 17.8. The first-order valence-corrected chi connectivity index (χ1v) is 12.4. The third-order valence-electron chi connectivity index (χ3n) is 6.24. The molecular weight excluding hydrogens is 352 g/mol. The zero-order valence-electron chi connectivity index (χ0n) is 16.8. The van der Waals surface area contributed by atoms with Crippen LogP contribution in [-0.4, -0.2) is 8.07 Å². The van der Waals surface area contributed by atoms with Crippen LogP contribution < -0.4 is 15.6 Å². The van der Waals surface area contributed by atoms with Crippen molar-refractivity contribution in [1.82, 2.24) is 0 Å². The summed E-state index contributed by atoms with van der Waals surface area (Å²) in [6.45, 7) is 4.62. The third-order valence-corrected chi connectivity index (χ3v) is 11.3. The number of hydrogen-bond acceptors (Lipinski definition) is 0. The van der Waals surface area contributed by atoms with Crippen molar-refractivity contribution in [2.24, 2.45) is 5.92 Å². The van der Waals surface area contributed by atoms with Crippen molar-refractivity contribution in [3.8, 4) is 0 Å². The van der Waals surface area contributed by atoms with Crippen molar-refractivity contribution in [3.63, 3.8) is 0 Å². The fraction of sp³-hybridized carbons (Fsp3) is 0.185. The summed E-state index contributed by atoms with van der Waals surface area (Å²) in [5.41, 5.74) is 1.91. The van der Waals surface area contributed by atoms with Crippen LogP contribution in [0, 0.1) is 5.92 Å². The molecule has 0 saturated carbocycles. The average Bonchev–Trinajstić information content (AvgIpc) is 3.26. The van der Waals surface area contributed by atoms with Crippen molar-refractivity contribution in [2.45, 2.75) is 25.8 Å². The lowest BCUT2D eigenvalue weighted by Crippen LogP contribution is -2.69. The molecule has 2 atom stereocenters. The minimum atomic E-state index is -2.25. The average molecular weight is 381 g/mol. The molecule has 0 radical (unpaired) electrons. The molecule has 0 amide bonds. The van der Waals surface area contributed by atoms with E-state index in [9.17, 15) is 0 Å². The van der Waals surface area contributed by atoms with Gasteiger partial charge >= 0.3 is 0 Å². The normalized spacial score (nSPS) is 17.4. The Labute approximate surface area is 170 Å². The smallest absolute Gasteiger partial charge is 0.0790 e. The Kier molecular flexibility index (Phi) is 5.45. The van der Waals surface area contributed by atoms with Gasteiger partial charge in [-0.25, -0.2) is 0 Å². The maximum atomic E-state index is 2.56. The number of rotatable bonds is 6. The van der Waals surface area contributed by atoms with Gasteiger partial charge in [-0.05, 0) is 33.5 Å². The maximum absolute atomic E-state index is 2.56. The summed E-state index contributed by atoms with van der Waals surface area (Å²) >= 11 is 0. The van der Waals surface area contributed by atoms with Gasteiger partial charge in [0.2, 0.25) is 0 Å². The van der Waals surface area contributed by atoms with Gasteiger partial charge in [0.05, 0.1) is 0 Å². The minimum Gasteiger partial charge on any atom is -0.0790 e. The molecule has 0 aromatic heterocycles. The van der Waals surface area contributed by atoms with Gasteiger partial charge in [0, 0.05) is 5.54 Å². The molecule has 0 nitrogen and oxygen atoms in total. The Hall–Kier alpha value is -2.64. The molecule has 140 valence electrons. The van der Waals surface area contributed by atoms with E-state index in [1.807, 2.05) is 0 Å². The van der Waals surface area contributed by atoms with Crippen LogP contribution in [0.15, 0.2) is 115 Å². The number of benzene rings is 3. The van der Waals surface area contributed by atoms with Gasteiger partial charge in [-0.3, -0.25) is 0 Å². The van der Waals surface area contributed by atoms with Crippen LogP contribution in [0.5, 0.6) is 0 Å². The number of allylic oxidation sites excluding steroid dienone is 4. The second-order valence-corrected chi connectivity index (χ2v) is 11.8. The van der Waals surface area contributed by atoms with E-state index in [1.165, 1.54) is 27.6 Å². The molecule has 4 rings (SSSR count). The van der Waals surface area contributed by atoms with Crippen LogP contribution in [0.3, 0.4) is 0 Å². The predicted molar refractivity (Wildman–Crippen MR) is 124 cm³/mol. The van der Waals surface area contributed by atoms with Crippen molar-refractivity contribution in [2.75, 3.05) is 0 Å². The van der Waals surface area contributed by atoms with Crippen molar-refractivity contribution in [1.29, 1.82) is 0 Å². The zero-order chi connectivity index (χ0) is 19.4. The van der Waals surface area contributed by atoms with Crippen molar-refractivity contribution in [3.05, 3.63) is 115 Å². The Morgan fingerprint density at radius 3 is 1.54 bits per heavy atom. The summed E-state index contributed by atoms with van der Waals surface area (Å²) in [6, 6.07) is 33.6. The van der Waals surface area contributed by atoms with Crippen molar-refractivity contribution < 1.29 is 0 Å². The molecule has 0 fully saturated rings. The van der Waals surface area contributed by atoms with E-state index >= 15 is 0 Å². The van der Waals surface area contributed by atoms with Gasteiger partial charge in [0.25, 0.3) is 0 Å². The summed E-state index contributed by atoms with van der Waals surface area (Å²) in [5.74, 6) is 0.607. The molecule has 0 aliphatic heterocycles. The monoisotopic (exact) mass is 380 g/mol. The van der Waals surface area contributed by atoms with Gasteiger partial charge in [-0.15, -0.1) is 0 Å². The molecule has 1 heteroatoms. The fourth-order valence-corrected chi connectivity index (χ4v) is 9.68. The molecule has 3 aromatic carbocycles. The largest absolute Gasteiger partial charge is 0.158 e. The van der Waals surface area contributed by atoms with E-state index in [2.05, 4.69) is 123 Å². The van der Waals surface area contributed by atoms with Crippen molar-refractivity contribution >= 4 is 23.6 Å². The summed E-state index contributed by atoms with van der Waals surface area (Å²) in [6.07, 6.45) is 8.60. The molecule has 1 aliphatic rings. The Bertz CT molecular complexity index is 858. The lowest BCUT2D eigenvalue weighted by atomic mass is 10.0. The Morgan fingerprint density at radius 2 is 1.14 bits per heavy atom. The maximum Gasteiger partial charge on any atom is 0.158 e. The van der Waals surface area contributed by atoms with Gasteiger partial charge in [0.1, 0.15) is 0 Å². The Balaban J connectivity index is 2.00. The summed E-state index contributed by atoms with van der Waals surface area (Å²) < 4.78 is 0. The summed E-state index contributed by atoms with van der Waals surface area (Å²) in [4.78, 5) is 0. The second-order valence-electron chi connectivity index (χ2n) is 7.77. The van der Waals surface area contributed by atoms with Crippen LogP contribution >= 0.6 is 0 Å². The van der Waals surface area contributed by atoms with Gasteiger partial charge in [-0.2, -0.15) is 0 Å². The van der Waals surface area contributed by atoms with Crippen LogP contribution in [0.4, 0.5) is 0 Å². The predicted octanol–water partition coefficient (Wildman–Crippen LogP) is 5.07. The van der Waals surface area contributed by atoms with Crippen LogP contribution in [0.2, 0.25) is 5.54 Å². The fourth-order valence-electron chi connectivity index (χ4n) is 4.55. The lowest BCUT2D eigenvalue weighted by molar-refractivity contribution is 0.671. The molecule has 0 bridgehead atoms. The molecule has 0 saturated heterocycles. The van der Waals surface area contributed by atoms with Crippen LogP contribution in [0.1, 0.15) is 20.3 Å². The first-order chi connectivity index (χ1) is 13.8. The molecule has 2 unspecified atom stereocenters.